The molecule has 1 N–H and O–H groups in total. The molecule has 1 aliphatic rings. The van der Waals surface area contributed by atoms with Crippen LogP contribution in [0.3, 0.4) is 0 Å². The average Bonchev–Trinajstić information content (AvgIpc) is 3.25. The van der Waals surface area contributed by atoms with E-state index in [1.165, 1.54) is 18.2 Å². The number of anilines is 2. The zero-order valence-corrected chi connectivity index (χ0v) is 17.9. The topological polar surface area (TPSA) is 102 Å². The predicted octanol–water partition coefficient (Wildman–Crippen LogP) is 4.33. The van der Waals surface area contributed by atoms with Gasteiger partial charge in [0.05, 0.1) is 4.92 Å². The molecule has 0 aliphatic carbocycles. The molecule has 3 aromatic carbocycles. The maximum Gasteiger partial charge on any atom is 0.269 e. The van der Waals surface area contributed by atoms with Gasteiger partial charge in [-0.05, 0) is 36.2 Å². The second-order valence-corrected chi connectivity index (χ2v) is 7.75. The van der Waals surface area contributed by atoms with Gasteiger partial charge in [-0.2, -0.15) is 0 Å². The zero-order chi connectivity index (χ0) is 23.2. The first-order valence-corrected chi connectivity index (χ1v) is 10.6. The summed E-state index contributed by atoms with van der Waals surface area (Å²) in [6.07, 6.45) is 1.79. The van der Waals surface area contributed by atoms with Crippen LogP contribution < -0.4 is 15.0 Å². The number of non-ortho nitro benzene ring substituents is 1. The van der Waals surface area contributed by atoms with E-state index < -0.39 is 4.92 Å². The van der Waals surface area contributed by atoms with Gasteiger partial charge in [-0.25, -0.2) is 0 Å². The van der Waals surface area contributed by atoms with Gasteiger partial charge in [-0.3, -0.25) is 19.7 Å². The van der Waals surface area contributed by atoms with Crippen LogP contribution >= 0.6 is 0 Å². The fraction of sp³-hybridized carbons (Fsp3) is 0.200. The molecule has 0 bridgehead atoms. The molecule has 8 heteroatoms. The van der Waals surface area contributed by atoms with Crippen LogP contribution in [-0.4, -0.2) is 29.9 Å². The first-order valence-electron chi connectivity index (χ1n) is 10.6. The van der Waals surface area contributed by atoms with E-state index in [9.17, 15) is 19.7 Å². The number of carbonyl (C=O) groups is 2. The van der Waals surface area contributed by atoms with Crippen molar-refractivity contribution >= 4 is 28.9 Å². The highest BCUT2D eigenvalue weighted by Gasteiger charge is 2.22. The van der Waals surface area contributed by atoms with Crippen LogP contribution in [0.2, 0.25) is 0 Å². The quantitative estimate of drug-likeness (QED) is 0.411. The minimum atomic E-state index is -0.455. The molecule has 1 aliphatic heterocycles. The minimum Gasteiger partial charge on any atom is -0.483 e. The van der Waals surface area contributed by atoms with Crippen molar-refractivity contribution in [2.24, 2.45) is 0 Å². The van der Waals surface area contributed by atoms with Gasteiger partial charge in [-0.15, -0.1) is 0 Å². The molecule has 0 radical (unpaired) electrons. The monoisotopic (exact) mass is 445 g/mol. The molecule has 0 saturated carbocycles. The van der Waals surface area contributed by atoms with Gasteiger partial charge in [0, 0.05) is 48.5 Å². The highest BCUT2D eigenvalue weighted by molar-refractivity contribution is 5.97. The van der Waals surface area contributed by atoms with Crippen molar-refractivity contribution in [2.75, 3.05) is 23.4 Å². The first-order chi connectivity index (χ1) is 16.0. The van der Waals surface area contributed by atoms with Gasteiger partial charge in [0.15, 0.2) is 6.61 Å². The number of ether oxygens (including phenoxy) is 1. The van der Waals surface area contributed by atoms with Crippen LogP contribution in [-0.2, 0) is 16.0 Å². The second kappa shape index (κ2) is 9.95. The molecule has 33 heavy (non-hydrogen) atoms. The number of nitrogens with zero attached hydrogens (tertiary/aromatic N) is 2. The lowest BCUT2D eigenvalue weighted by Gasteiger charge is -2.17. The van der Waals surface area contributed by atoms with Crippen LogP contribution in [0.5, 0.6) is 5.75 Å². The zero-order valence-electron chi connectivity index (χ0n) is 17.9. The molecule has 3 aromatic rings. The van der Waals surface area contributed by atoms with Gasteiger partial charge in [0.2, 0.25) is 5.91 Å². The van der Waals surface area contributed by atoms with Crippen molar-refractivity contribution in [3.05, 3.63) is 94.0 Å². The molecule has 0 unspecified atom stereocenters. The van der Waals surface area contributed by atoms with E-state index in [2.05, 4.69) is 5.32 Å². The maximum atomic E-state index is 12.5. The Bertz CT molecular complexity index is 1180. The van der Waals surface area contributed by atoms with Crippen molar-refractivity contribution in [3.63, 3.8) is 0 Å². The number of amides is 2. The van der Waals surface area contributed by atoms with Gasteiger partial charge in [0.1, 0.15) is 5.75 Å². The molecule has 0 aromatic heterocycles. The van der Waals surface area contributed by atoms with E-state index >= 15 is 0 Å². The van der Waals surface area contributed by atoms with Crippen molar-refractivity contribution < 1.29 is 19.2 Å². The Morgan fingerprint density at radius 3 is 2.61 bits per heavy atom. The Hall–Kier alpha value is -4.20. The fourth-order valence-electron chi connectivity index (χ4n) is 3.79. The predicted molar refractivity (Wildman–Crippen MR) is 124 cm³/mol. The molecule has 1 saturated heterocycles. The molecule has 4 rings (SSSR count). The third-order valence-corrected chi connectivity index (χ3v) is 5.37. The number of carbonyl (C=O) groups excluding carboxylic acids is 2. The van der Waals surface area contributed by atoms with E-state index in [-0.39, 0.29) is 24.1 Å². The second-order valence-electron chi connectivity index (χ2n) is 7.75. The van der Waals surface area contributed by atoms with E-state index in [1.54, 1.807) is 23.1 Å². The highest BCUT2D eigenvalue weighted by atomic mass is 16.6. The molecule has 1 fully saturated rings. The van der Waals surface area contributed by atoms with Gasteiger partial charge >= 0.3 is 0 Å². The van der Waals surface area contributed by atoms with Crippen LogP contribution in [0.15, 0.2) is 72.8 Å². The average molecular weight is 445 g/mol. The van der Waals surface area contributed by atoms with Crippen LogP contribution in [0.25, 0.3) is 0 Å². The molecule has 1 heterocycles. The number of nitro benzene ring substituents is 1. The lowest BCUT2D eigenvalue weighted by Crippen LogP contribution is -2.24. The van der Waals surface area contributed by atoms with Crippen molar-refractivity contribution in [1.82, 2.24) is 0 Å². The lowest BCUT2D eigenvalue weighted by molar-refractivity contribution is -0.384. The summed E-state index contributed by atoms with van der Waals surface area (Å²) in [5, 5.41) is 14.0. The summed E-state index contributed by atoms with van der Waals surface area (Å²) in [4.78, 5) is 36.9. The summed E-state index contributed by atoms with van der Waals surface area (Å²) in [6.45, 7) is 0.413. The van der Waals surface area contributed by atoms with Gasteiger partial charge in [-0.1, -0.05) is 36.4 Å². The fourth-order valence-corrected chi connectivity index (χ4v) is 3.79. The molecular formula is C25H23N3O5. The number of nitro groups is 1. The van der Waals surface area contributed by atoms with E-state index in [1.807, 2.05) is 36.4 Å². The Balaban J connectivity index is 1.43. The summed E-state index contributed by atoms with van der Waals surface area (Å²) in [5.74, 6) is 0.117. The van der Waals surface area contributed by atoms with Crippen LogP contribution in [0, 0.1) is 10.1 Å². The summed E-state index contributed by atoms with van der Waals surface area (Å²) in [5.41, 5.74) is 2.87. The summed E-state index contributed by atoms with van der Waals surface area (Å²) in [7, 11) is 0. The molecule has 2 amide bonds. The number of hydrogen-bond acceptors (Lipinski definition) is 5. The number of nitrogens with one attached hydrogen (secondary N) is 1. The highest BCUT2D eigenvalue weighted by Crippen LogP contribution is 2.27. The largest absolute Gasteiger partial charge is 0.483 e. The normalized spacial score (nSPS) is 13.1. The Morgan fingerprint density at radius 1 is 1.06 bits per heavy atom. The number of rotatable bonds is 8. The van der Waals surface area contributed by atoms with Gasteiger partial charge in [0.25, 0.3) is 11.6 Å². The standard InChI is InChI=1S/C25H23N3O5/c29-24(26-20-8-4-9-21(16-20)27-13-5-10-25(27)30)17-33-23-12-11-22(28(31)32)15-19(23)14-18-6-2-1-3-7-18/h1-4,6-9,11-12,15-16H,5,10,13-14,17H2,(H,26,29). The SMILES string of the molecule is O=C(COc1ccc([N+](=O)[O-])cc1Cc1ccccc1)Nc1cccc(N2CCCC2=O)c1. The molecule has 8 nitrogen and oxygen atoms in total. The maximum absolute atomic E-state index is 12.5. The Kier molecular flexibility index (Phi) is 6.64. The summed E-state index contributed by atoms with van der Waals surface area (Å²) in [6, 6.07) is 21.0. The third-order valence-electron chi connectivity index (χ3n) is 5.37. The summed E-state index contributed by atoms with van der Waals surface area (Å²) >= 11 is 0. The number of hydrogen-bond donors (Lipinski definition) is 1. The Morgan fingerprint density at radius 2 is 1.88 bits per heavy atom. The smallest absolute Gasteiger partial charge is 0.269 e. The lowest BCUT2D eigenvalue weighted by atomic mass is 10.0. The molecular weight excluding hydrogens is 422 g/mol. The van der Waals surface area contributed by atoms with E-state index in [0.29, 0.717) is 36.4 Å². The van der Waals surface area contributed by atoms with E-state index in [0.717, 1.165) is 17.7 Å². The Labute approximate surface area is 190 Å². The van der Waals surface area contributed by atoms with Gasteiger partial charge < -0.3 is 15.0 Å². The van der Waals surface area contributed by atoms with Crippen LogP contribution in [0.4, 0.5) is 17.1 Å². The van der Waals surface area contributed by atoms with Crippen molar-refractivity contribution in [3.8, 4) is 5.75 Å². The third kappa shape index (κ3) is 5.54. The summed E-state index contributed by atoms with van der Waals surface area (Å²) < 4.78 is 5.73. The molecule has 0 atom stereocenters. The van der Waals surface area contributed by atoms with E-state index in [4.69, 9.17) is 4.74 Å². The van der Waals surface area contributed by atoms with Crippen molar-refractivity contribution in [2.45, 2.75) is 19.3 Å². The molecule has 0 spiro atoms. The molecule has 168 valence electrons. The first kappa shape index (κ1) is 22.0. The van der Waals surface area contributed by atoms with Crippen LogP contribution in [0.1, 0.15) is 24.0 Å². The van der Waals surface area contributed by atoms with Crippen molar-refractivity contribution in [1.29, 1.82) is 0 Å². The number of benzene rings is 3. The minimum absolute atomic E-state index is 0.0361.